The lowest BCUT2D eigenvalue weighted by Gasteiger charge is -2.20. The van der Waals surface area contributed by atoms with Gasteiger partial charge in [0.15, 0.2) is 0 Å². The highest BCUT2D eigenvalue weighted by Crippen LogP contribution is 2.18. The molecule has 0 saturated carbocycles. The van der Waals surface area contributed by atoms with Crippen LogP contribution in [0.25, 0.3) is 0 Å². The second kappa shape index (κ2) is 6.69. The van der Waals surface area contributed by atoms with Crippen LogP contribution in [-0.2, 0) is 17.8 Å². The van der Waals surface area contributed by atoms with Gasteiger partial charge in [0.2, 0.25) is 0 Å². The van der Waals surface area contributed by atoms with Gasteiger partial charge in [-0.3, -0.25) is 9.69 Å². The average molecular weight is 245 g/mol. The molecule has 2 nitrogen and oxygen atoms in total. The van der Waals surface area contributed by atoms with Crippen LogP contribution in [0.1, 0.15) is 43.7 Å². The first-order valence-corrected chi connectivity index (χ1v) is 7.10. The predicted octanol–water partition coefficient (Wildman–Crippen LogP) is 3.19. The number of carbonyl (C=O) groups excluding carboxylic acids is 1. The molecule has 0 saturated heterocycles. The van der Waals surface area contributed by atoms with E-state index in [9.17, 15) is 4.79 Å². The number of rotatable bonds is 5. The third-order valence-corrected chi connectivity index (χ3v) is 3.76. The van der Waals surface area contributed by atoms with E-state index < -0.39 is 0 Å². The highest BCUT2D eigenvalue weighted by atomic mass is 16.1. The van der Waals surface area contributed by atoms with Crippen LogP contribution in [0.15, 0.2) is 24.3 Å². The Kier molecular flexibility index (Phi) is 4.94. The molecule has 1 aromatic rings. The third kappa shape index (κ3) is 3.67. The van der Waals surface area contributed by atoms with Crippen LogP contribution in [0, 0.1) is 0 Å². The molecule has 1 aromatic carbocycles. The first-order chi connectivity index (χ1) is 8.79. The molecule has 0 amide bonds. The first kappa shape index (κ1) is 13.3. The van der Waals surface area contributed by atoms with E-state index in [0.717, 1.165) is 32.5 Å². The monoisotopic (exact) mass is 245 g/mol. The van der Waals surface area contributed by atoms with E-state index in [2.05, 4.69) is 29.2 Å². The minimum atomic E-state index is 0.394. The minimum Gasteiger partial charge on any atom is -0.300 e. The number of benzene rings is 1. The summed E-state index contributed by atoms with van der Waals surface area (Å²) in [6, 6.07) is 8.75. The van der Waals surface area contributed by atoms with Crippen LogP contribution in [0.5, 0.6) is 0 Å². The van der Waals surface area contributed by atoms with Crippen molar-refractivity contribution < 1.29 is 4.79 Å². The Morgan fingerprint density at radius 2 is 2.06 bits per heavy atom. The van der Waals surface area contributed by atoms with Crippen molar-refractivity contribution in [3.63, 3.8) is 0 Å². The molecule has 0 unspecified atom stereocenters. The van der Waals surface area contributed by atoms with Gasteiger partial charge in [0.1, 0.15) is 5.78 Å². The van der Waals surface area contributed by atoms with Gasteiger partial charge in [-0.25, -0.2) is 0 Å². The predicted molar refractivity (Wildman–Crippen MR) is 74.6 cm³/mol. The zero-order chi connectivity index (χ0) is 12.8. The summed E-state index contributed by atoms with van der Waals surface area (Å²) in [5.74, 6) is 0.394. The summed E-state index contributed by atoms with van der Waals surface area (Å²) >= 11 is 0. The highest BCUT2D eigenvalue weighted by Gasteiger charge is 2.13. The molecule has 1 aliphatic rings. The van der Waals surface area contributed by atoms with Crippen molar-refractivity contribution in [3.05, 3.63) is 35.4 Å². The van der Waals surface area contributed by atoms with E-state index in [1.54, 1.807) is 0 Å². The Morgan fingerprint density at radius 3 is 2.83 bits per heavy atom. The maximum atomic E-state index is 11.3. The SMILES string of the molecule is CCC(=O)CCCN1CCCc2ccccc2C1. The first-order valence-electron chi connectivity index (χ1n) is 7.10. The van der Waals surface area contributed by atoms with Crippen molar-refractivity contribution in [2.24, 2.45) is 0 Å². The Balaban J connectivity index is 1.86. The minimum absolute atomic E-state index is 0.394. The van der Waals surface area contributed by atoms with Gasteiger partial charge in [-0.05, 0) is 43.5 Å². The lowest BCUT2D eigenvalue weighted by molar-refractivity contribution is -0.118. The number of Topliss-reactive ketones (excluding diaryl/α,β-unsaturated/α-hetero) is 1. The molecule has 0 aliphatic carbocycles. The smallest absolute Gasteiger partial charge is 0.132 e. The Hall–Kier alpha value is -1.15. The zero-order valence-electron chi connectivity index (χ0n) is 11.3. The number of hydrogen-bond donors (Lipinski definition) is 0. The lowest BCUT2D eigenvalue weighted by Crippen LogP contribution is -2.24. The molecular formula is C16H23NO. The van der Waals surface area contributed by atoms with Gasteiger partial charge in [0.25, 0.3) is 0 Å². The van der Waals surface area contributed by atoms with Gasteiger partial charge >= 0.3 is 0 Å². The molecule has 98 valence electrons. The Morgan fingerprint density at radius 1 is 1.28 bits per heavy atom. The fourth-order valence-corrected chi connectivity index (χ4v) is 2.64. The van der Waals surface area contributed by atoms with Crippen molar-refractivity contribution in [2.75, 3.05) is 13.1 Å². The number of fused-ring (bicyclic) bond motifs is 1. The van der Waals surface area contributed by atoms with Gasteiger partial charge in [-0.15, -0.1) is 0 Å². The summed E-state index contributed by atoms with van der Waals surface area (Å²) in [5.41, 5.74) is 2.97. The molecule has 0 spiro atoms. The zero-order valence-corrected chi connectivity index (χ0v) is 11.3. The van der Waals surface area contributed by atoms with E-state index in [1.165, 1.54) is 24.0 Å². The molecule has 0 aromatic heterocycles. The Labute approximate surface area is 110 Å². The number of aryl methyl sites for hydroxylation is 1. The van der Waals surface area contributed by atoms with Crippen LogP contribution in [0.3, 0.4) is 0 Å². The number of carbonyl (C=O) groups is 1. The van der Waals surface area contributed by atoms with Crippen LogP contribution < -0.4 is 0 Å². The normalized spacial score (nSPS) is 16.1. The van der Waals surface area contributed by atoms with E-state index in [-0.39, 0.29) is 0 Å². The van der Waals surface area contributed by atoms with Gasteiger partial charge in [0.05, 0.1) is 0 Å². The average Bonchev–Trinajstić information content (AvgIpc) is 2.60. The van der Waals surface area contributed by atoms with Crippen molar-refractivity contribution in [1.29, 1.82) is 0 Å². The van der Waals surface area contributed by atoms with Crippen molar-refractivity contribution >= 4 is 5.78 Å². The molecule has 0 bridgehead atoms. The molecule has 1 heterocycles. The summed E-state index contributed by atoms with van der Waals surface area (Å²) in [6.07, 6.45) is 4.87. The van der Waals surface area contributed by atoms with E-state index in [1.807, 2.05) is 6.92 Å². The fraction of sp³-hybridized carbons (Fsp3) is 0.562. The highest BCUT2D eigenvalue weighted by molar-refractivity contribution is 5.77. The summed E-state index contributed by atoms with van der Waals surface area (Å²) in [7, 11) is 0. The standard InChI is InChI=1S/C16H23NO/c1-2-16(18)10-6-12-17-11-5-9-14-7-3-4-8-15(14)13-17/h3-4,7-8H,2,5-6,9-13H2,1H3. The summed E-state index contributed by atoms with van der Waals surface area (Å²) in [5, 5.41) is 0. The van der Waals surface area contributed by atoms with Crippen molar-refractivity contribution in [3.8, 4) is 0 Å². The number of ketones is 1. The van der Waals surface area contributed by atoms with Crippen LogP contribution >= 0.6 is 0 Å². The maximum absolute atomic E-state index is 11.3. The molecule has 18 heavy (non-hydrogen) atoms. The molecule has 2 rings (SSSR count). The largest absolute Gasteiger partial charge is 0.300 e. The molecule has 0 atom stereocenters. The fourth-order valence-electron chi connectivity index (χ4n) is 2.64. The summed E-state index contributed by atoms with van der Waals surface area (Å²) in [4.78, 5) is 13.8. The quantitative estimate of drug-likeness (QED) is 0.794. The molecule has 0 radical (unpaired) electrons. The maximum Gasteiger partial charge on any atom is 0.132 e. The second-order valence-corrected chi connectivity index (χ2v) is 5.14. The van der Waals surface area contributed by atoms with Crippen LogP contribution in [-0.4, -0.2) is 23.8 Å². The van der Waals surface area contributed by atoms with Crippen LogP contribution in [0.4, 0.5) is 0 Å². The summed E-state index contributed by atoms with van der Waals surface area (Å²) < 4.78 is 0. The van der Waals surface area contributed by atoms with Gasteiger partial charge in [-0.1, -0.05) is 31.2 Å². The molecule has 0 N–H and O–H groups in total. The lowest BCUT2D eigenvalue weighted by atomic mass is 10.0. The van der Waals surface area contributed by atoms with Gasteiger partial charge in [0, 0.05) is 19.4 Å². The second-order valence-electron chi connectivity index (χ2n) is 5.14. The summed E-state index contributed by atoms with van der Waals surface area (Å²) in [6.45, 7) is 5.22. The van der Waals surface area contributed by atoms with Gasteiger partial charge < -0.3 is 0 Å². The molecule has 1 aliphatic heterocycles. The van der Waals surface area contributed by atoms with E-state index >= 15 is 0 Å². The number of hydrogen-bond acceptors (Lipinski definition) is 2. The van der Waals surface area contributed by atoms with Gasteiger partial charge in [-0.2, -0.15) is 0 Å². The number of nitrogens with zero attached hydrogens (tertiary/aromatic N) is 1. The van der Waals surface area contributed by atoms with Crippen molar-refractivity contribution in [2.45, 2.75) is 45.6 Å². The molecule has 2 heteroatoms. The van der Waals surface area contributed by atoms with E-state index in [0.29, 0.717) is 12.2 Å². The third-order valence-electron chi connectivity index (χ3n) is 3.76. The van der Waals surface area contributed by atoms with E-state index in [4.69, 9.17) is 0 Å². The topological polar surface area (TPSA) is 20.3 Å². The Bertz CT molecular complexity index is 400. The molecule has 0 fully saturated rings. The van der Waals surface area contributed by atoms with Crippen LogP contribution in [0.2, 0.25) is 0 Å². The molecular weight excluding hydrogens is 222 g/mol. The van der Waals surface area contributed by atoms with Crippen molar-refractivity contribution in [1.82, 2.24) is 4.90 Å².